The average Bonchev–Trinajstić information content (AvgIpc) is 2.93. The number of carbonyl (C=O) groups excluding carboxylic acids is 1. The standard InChI is InChI=1S/C31H25F2NO4/c32-24-10-8-20(9-11-24)28(35)17-16-27-29(34(30(27)36)26-14-12-25(33)13-15-26)21-6-4-19(5-7-21)22-2-1-3-23(18-22)31(37)38/h1-15,18,27-29,35H,16-17H2,(H,37,38)/t27?,28-,29?/m0/s1. The van der Waals surface area contributed by atoms with Crippen LogP contribution in [-0.4, -0.2) is 22.1 Å². The molecule has 192 valence electrons. The number of hydrogen-bond acceptors (Lipinski definition) is 3. The topological polar surface area (TPSA) is 77.8 Å². The molecule has 0 spiro atoms. The molecule has 7 heteroatoms. The summed E-state index contributed by atoms with van der Waals surface area (Å²) in [6.07, 6.45) is -0.120. The molecule has 0 aromatic heterocycles. The Kier molecular flexibility index (Phi) is 7.03. The van der Waals surface area contributed by atoms with Crippen molar-refractivity contribution in [3.63, 3.8) is 0 Å². The van der Waals surface area contributed by atoms with Crippen LogP contribution in [0, 0.1) is 17.6 Å². The van der Waals surface area contributed by atoms with Crippen LogP contribution in [0.15, 0.2) is 97.1 Å². The molecule has 4 aromatic carbocycles. The second-order valence-corrected chi connectivity index (χ2v) is 9.39. The van der Waals surface area contributed by atoms with Crippen LogP contribution in [-0.2, 0) is 4.79 Å². The van der Waals surface area contributed by atoms with Crippen molar-refractivity contribution >= 4 is 17.6 Å². The van der Waals surface area contributed by atoms with Crippen molar-refractivity contribution in [2.24, 2.45) is 5.92 Å². The number of hydrogen-bond donors (Lipinski definition) is 2. The van der Waals surface area contributed by atoms with Gasteiger partial charge in [0.1, 0.15) is 11.6 Å². The molecule has 3 atom stereocenters. The van der Waals surface area contributed by atoms with E-state index in [2.05, 4.69) is 0 Å². The zero-order chi connectivity index (χ0) is 26.8. The van der Waals surface area contributed by atoms with Crippen molar-refractivity contribution in [3.8, 4) is 11.1 Å². The SMILES string of the molecule is O=C(O)c1cccc(-c2ccc(C3C(CC[C@H](O)c4ccc(F)cc4)C(=O)N3c3ccc(F)cc3)cc2)c1. The number of nitrogens with zero attached hydrogens (tertiary/aromatic N) is 1. The van der Waals surface area contributed by atoms with E-state index in [9.17, 15) is 28.6 Å². The van der Waals surface area contributed by atoms with Crippen LogP contribution >= 0.6 is 0 Å². The summed E-state index contributed by atoms with van der Waals surface area (Å²) in [5.41, 5.74) is 3.81. The maximum Gasteiger partial charge on any atom is 0.335 e. The van der Waals surface area contributed by atoms with E-state index in [4.69, 9.17) is 0 Å². The monoisotopic (exact) mass is 513 g/mol. The lowest BCUT2D eigenvalue weighted by atomic mass is 9.78. The predicted molar refractivity (Wildman–Crippen MR) is 140 cm³/mol. The Balaban J connectivity index is 1.40. The number of rotatable bonds is 8. The molecule has 0 bridgehead atoms. The van der Waals surface area contributed by atoms with Gasteiger partial charge in [0.15, 0.2) is 0 Å². The Morgan fingerprint density at radius 1 is 0.842 bits per heavy atom. The van der Waals surface area contributed by atoms with E-state index in [0.717, 1.165) is 16.7 Å². The Hall–Kier alpha value is -4.36. The first-order chi connectivity index (χ1) is 18.3. The fourth-order valence-corrected chi connectivity index (χ4v) is 4.99. The molecule has 0 aliphatic carbocycles. The van der Waals surface area contributed by atoms with Crippen molar-refractivity contribution in [1.82, 2.24) is 0 Å². The lowest BCUT2D eigenvalue weighted by Crippen LogP contribution is -2.55. The number of β-lactam (4-membered cyclic amide) rings is 1. The van der Waals surface area contributed by atoms with Gasteiger partial charge < -0.3 is 15.1 Å². The van der Waals surface area contributed by atoms with Crippen molar-refractivity contribution in [3.05, 3.63) is 125 Å². The maximum absolute atomic E-state index is 13.6. The third kappa shape index (κ3) is 5.06. The number of aliphatic hydroxyl groups excluding tert-OH is 1. The number of carboxylic acid groups (broad SMARTS) is 1. The number of carbonyl (C=O) groups is 2. The summed E-state index contributed by atoms with van der Waals surface area (Å²) < 4.78 is 26.8. The molecule has 1 aliphatic heterocycles. The predicted octanol–water partition coefficient (Wildman–Crippen LogP) is 6.55. The molecule has 1 fully saturated rings. The average molecular weight is 514 g/mol. The van der Waals surface area contributed by atoms with Gasteiger partial charge in [0.25, 0.3) is 0 Å². The number of amides is 1. The van der Waals surface area contributed by atoms with Crippen LogP contribution in [0.25, 0.3) is 11.1 Å². The molecule has 1 amide bonds. The largest absolute Gasteiger partial charge is 0.478 e. The van der Waals surface area contributed by atoms with E-state index < -0.39 is 23.8 Å². The highest BCUT2D eigenvalue weighted by molar-refractivity contribution is 6.03. The number of aliphatic hydroxyl groups is 1. The van der Waals surface area contributed by atoms with Crippen LogP contribution in [0.5, 0.6) is 0 Å². The van der Waals surface area contributed by atoms with Gasteiger partial charge in [-0.2, -0.15) is 0 Å². The Labute approximate surface area is 218 Å². The van der Waals surface area contributed by atoms with Gasteiger partial charge in [0.05, 0.1) is 23.6 Å². The molecule has 38 heavy (non-hydrogen) atoms. The van der Waals surface area contributed by atoms with Gasteiger partial charge in [-0.3, -0.25) is 4.79 Å². The van der Waals surface area contributed by atoms with Crippen molar-refractivity contribution in [2.75, 3.05) is 4.90 Å². The lowest BCUT2D eigenvalue weighted by molar-refractivity contribution is -0.131. The summed E-state index contributed by atoms with van der Waals surface area (Å²) >= 11 is 0. The van der Waals surface area contributed by atoms with Gasteiger partial charge in [-0.15, -0.1) is 0 Å². The highest BCUT2D eigenvalue weighted by Crippen LogP contribution is 2.46. The first kappa shape index (κ1) is 25.3. The molecule has 1 aliphatic rings. The minimum absolute atomic E-state index is 0.119. The molecule has 1 saturated heterocycles. The molecule has 2 N–H and O–H groups in total. The van der Waals surface area contributed by atoms with E-state index >= 15 is 0 Å². The van der Waals surface area contributed by atoms with Crippen LogP contribution in [0.3, 0.4) is 0 Å². The Morgan fingerprint density at radius 2 is 1.47 bits per heavy atom. The van der Waals surface area contributed by atoms with E-state index in [0.29, 0.717) is 24.1 Å². The van der Waals surface area contributed by atoms with Crippen molar-refractivity contribution < 1.29 is 28.6 Å². The lowest BCUT2D eigenvalue weighted by Gasteiger charge is -2.48. The molecule has 5 nitrogen and oxygen atoms in total. The second-order valence-electron chi connectivity index (χ2n) is 9.39. The molecule has 2 unspecified atom stereocenters. The Morgan fingerprint density at radius 3 is 2.11 bits per heavy atom. The van der Waals surface area contributed by atoms with Gasteiger partial charge in [-0.05, 0) is 83.6 Å². The minimum Gasteiger partial charge on any atom is -0.478 e. The molecule has 0 saturated carbocycles. The molecule has 5 rings (SSSR count). The van der Waals surface area contributed by atoms with Gasteiger partial charge in [-0.25, -0.2) is 13.6 Å². The summed E-state index contributed by atoms with van der Waals surface area (Å²) in [4.78, 5) is 26.2. The molecule has 1 heterocycles. The zero-order valence-corrected chi connectivity index (χ0v) is 20.3. The van der Waals surface area contributed by atoms with Crippen LogP contribution < -0.4 is 4.90 Å². The van der Waals surface area contributed by atoms with Gasteiger partial charge in [-0.1, -0.05) is 48.5 Å². The van der Waals surface area contributed by atoms with Gasteiger partial charge >= 0.3 is 5.97 Å². The van der Waals surface area contributed by atoms with Crippen LogP contribution in [0.2, 0.25) is 0 Å². The van der Waals surface area contributed by atoms with Gasteiger partial charge in [0, 0.05) is 5.69 Å². The van der Waals surface area contributed by atoms with Crippen molar-refractivity contribution in [1.29, 1.82) is 0 Å². The normalized spacial score (nSPS) is 17.7. The fraction of sp³-hybridized carbons (Fsp3) is 0.161. The summed E-state index contributed by atoms with van der Waals surface area (Å²) in [5, 5.41) is 19.9. The van der Waals surface area contributed by atoms with E-state index in [1.165, 1.54) is 42.5 Å². The third-order valence-corrected chi connectivity index (χ3v) is 7.02. The third-order valence-electron chi connectivity index (χ3n) is 7.02. The fourth-order valence-electron chi connectivity index (χ4n) is 4.99. The summed E-state index contributed by atoms with van der Waals surface area (Å²) in [6.45, 7) is 0. The molecule has 4 aromatic rings. The molecule has 0 radical (unpaired) electrons. The van der Waals surface area contributed by atoms with E-state index in [-0.39, 0.29) is 23.3 Å². The summed E-state index contributed by atoms with van der Waals surface area (Å²) in [5.74, 6) is -2.31. The minimum atomic E-state index is -1.00. The highest BCUT2D eigenvalue weighted by Gasteiger charge is 2.48. The van der Waals surface area contributed by atoms with Crippen molar-refractivity contribution in [2.45, 2.75) is 25.0 Å². The van der Waals surface area contributed by atoms with E-state index in [1.54, 1.807) is 29.2 Å². The van der Waals surface area contributed by atoms with Crippen LogP contribution in [0.4, 0.5) is 14.5 Å². The highest BCUT2D eigenvalue weighted by atomic mass is 19.1. The molecular formula is C31H25F2NO4. The smallest absolute Gasteiger partial charge is 0.335 e. The van der Waals surface area contributed by atoms with Gasteiger partial charge in [0.2, 0.25) is 5.91 Å². The number of anilines is 1. The first-order valence-electron chi connectivity index (χ1n) is 12.3. The maximum atomic E-state index is 13.6. The quantitative estimate of drug-likeness (QED) is 0.262. The summed E-state index contributed by atoms with van der Waals surface area (Å²) in [7, 11) is 0. The number of halogens is 2. The summed E-state index contributed by atoms with van der Waals surface area (Å²) in [6, 6.07) is 25.3. The second kappa shape index (κ2) is 10.6. The zero-order valence-electron chi connectivity index (χ0n) is 20.3. The number of benzene rings is 4. The Bertz CT molecular complexity index is 1450. The number of aromatic carboxylic acids is 1. The van der Waals surface area contributed by atoms with Crippen LogP contribution in [0.1, 0.15) is 46.5 Å². The van der Waals surface area contributed by atoms with E-state index in [1.807, 2.05) is 30.3 Å². The number of carboxylic acids is 1. The first-order valence-corrected chi connectivity index (χ1v) is 12.3. The molecular weight excluding hydrogens is 488 g/mol.